The molecule has 3 aromatic rings. The number of fused-ring (bicyclic) bond motifs is 1. The van der Waals surface area contributed by atoms with E-state index in [1.807, 2.05) is 68.4 Å². The van der Waals surface area contributed by atoms with Crippen molar-refractivity contribution in [3.8, 4) is 11.5 Å². The highest BCUT2D eigenvalue weighted by Gasteiger charge is 2.33. The minimum Gasteiger partial charge on any atom is -0.486 e. The molecule has 0 spiro atoms. The van der Waals surface area contributed by atoms with Crippen molar-refractivity contribution in [2.24, 2.45) is 5.92 Å². The maximum atomic E-state index is 14.2. The predicted molar refractivity (Wildman–Crippen MR) is 166 cm³/mol. The van der Waals surface area contributed by atoms with Gasteiger partial charge in [-0.15, -0.1) is 0 Å². The Balaban J connectivity index is 1.72. The van der Waals surface area contributed by atoms with Crippen LogP contribution in [0.1, 0.15) is 25.0 Å². The van der Waals surface area contributed by atoms with Crippen LogP contribution in [0.3, 0.4) is 0 Å². The molecule has 42 heavy (non-hydrogen) atoms. The number of carbonyl (C=O) groups excluding carboxylic acids is 2. The third kappa shape index (κ3) is 8.48. The summed E-state index contributed by atoms with van der Waals surface area (Å²) in [5.74, 6) is 0.292. The second kappa shape index (κ2) is 14.1. The van der Waals surface area contributed by atoms with Crippen molar-refractivity contribution in [3.63, 3.8) is 0 Å². The Morgan fingerprint density at radius 3 is 2.29 bits per heavy atom. The highest BCUT2D eigenvalue weighted by Crippen LogP contribution is 2.35. The van der Waals surface area contributed by atoms with Crippen LogP contribution in [0.2, 0.25) is 0 Å². The van der Waals surface area contributed by atoms with Gasteiger partial charge in [0.15, 0.2) is 11.5 Å². The monoisotopic (exact) mass is 657 g/mol. The lowest BCUT2D eigenvalue weighted by atomic mass is 10.0. The van der Waals surface area contributed by atoms with Crippen molar-refractivity contribution >= 4 is 43.5 Å². The second-order valence-electron chi connectivity index (χ2n) is 10.6. The van der Waals surface area contributed by atoms with Crippen molar-refractivity contribution in [1.29, 1.82) is 0 Å². The molecule has 0 aliphatic carbocycles. The first-order valence-electron chi connectivity index (χ1n) is 13.7. The second-order valence-corrected chi connectivity index (χ2v) is 13.4. The van der Waals surface area contributed by atoms with E-state index in [2.05, 4.69) is 21.2 Å². The van der Waals surface area contributed by atoms with E-state index in [0.29, 0.717) is 31.3 Å². The van der Waals surface area contributed by atoms with Gasteiger partial charge in [-0.1, -0.05) is 72.2 Å². The fourth-order valence-electron chi connectivity index (χ4n) is 4.61. The van der Waals surface area contributed by atoms with Crippen LogP contribution in [-0.2, 0) is 32.6 Å². The van der Waals surface area contributed by atoms with Crippen LogP contribution < -0.4 is 19.1 Å². The molecule has 4 rings (SSSR count). The summed E-state index contributed by atoms with van der Waals surface area (Å²) in [5.41, 5.74) is 1.93. The van der Waals surface area contributed by atoms with Gasteiger partial charge in [0.1, 0.15) is 25.8 Å². The molecule has 1 aliphatic rings. The number of anilines is 1. The van der Waals surface area contributed by atoms with Gasteiger partial charge in [0, 0.05) is 30.0 Å². The van der Waals surface area contributed by atoms with E-state index >= 15 is 0 Å². The number of ether oxygens (including phenoxy) is 2. The topological polar surface area (TPSA) is 105 Å². The molecule has 0 unspecified atom stereocenters. The van der Waals surface area contributed by atoms with Crippen molar-refractivity contribution in [3.05, 3.63) is 88.4 Å². The molecule has 0 saturated carbocycles. The summed E-state index contributed by atoms with van der Waals surface area (Å²) < 4.78 is 39.2. The molecule has 1 heterocycles. The molecule has 9 nitrogen and oxygen atoms in total. The summed E-state index contributed by atoms with van der Waals surface area (Å²) in [5, 5.41) is 2.98. The Morgan fingerprint density at radius 2 is 1.62 bits per heavy atom. The molecular formula is C31H36BrN3O6S. The van der Waals surface area contributed by atoms with Gasteiger partial charge in [0.2, 0.25) is 21.8 Å². The predicted octanol–water partition coefficient (Wildman–Crippen LogP) is 4.40. The van der Waals surface area contributed by atoms with Gasteiger partial charge >= 0.3 is 0 Å². The fraction of sp³-hybridized carbons (Fsp3) is 0.355. The van der Waals surface area contributed by atoms with Gasteiger partial charge in [-0.2, -0.15) is 0 Å². The first-order valence-corrected chi connectivity index (χ1v) is 16.4. The SMILES string of the molecule is CC(C)CNC(=O)[C@H](Cc1ccccc1)N(Cc1cccc(Br)c1)C(=O)CN(c1ccc2c(c1)OCCO2)S(C)(=O)=O. The lowest BCUT2D eigenvalue weighted by molar-refractivity contribution is -0.140. The van der Waals surface area contributed by atoms with Crippen LogP contribution in [0.4, 0.5) is 5.69 Å². The Morgan fingerprint density at radius 1 is 0.929 bits per heavy atom. The van der Waals surface area contributed by atoms with Gasteiger partial charge < -0.3 is 19.7 Å². The normalized spacial score (nSPS) is 13.4. The summed E-state index contributed by atoms with van der Waals surface area (Å²) in [4.78, 5) is 29.4. The van der Waals surface area contributed by atoms with Crippen LogP contribution in [0.15, 0.2) is 77.3 Å². The molecule has 2 amide bonds. The van der Waals surface area contributed by atoms with Crippen molar-refractivity contribution in [2.75, 3.05) is 36.9 Å². The smallest absolute Gasteiger partial charge is 0.244 e. The van der Waals surface area contributed by atoms with E-state index in [0.717, 1.165) is 26.2 Å². The van der Waals surface area contributed by atoms with Gasteiger partial charge in [-0.25, -0.2) is 8.42 Å². The van der Waals surface area contributed by atoms with Crippen LogP contribution in [0.25, 0.3) is 0 Å². The largest absolute Gasteiger partial charge is 0.486 e. The number of halogens is 1. The zero-order valence-corrected chi connectivity index (χ0v) is 26.4. The summed E-state index contributed by atoms with van der Waals surface area (Å²) in [6, 6.07) is 20.8. The van der Waals surface area contributed by atoms with Gasteiger partial charge in [0.05, 0.1) is 11.9 Å². The number of sulfonamides is 1. The average Bonchev–Trinajstić information content (AvgIpc) is 2.96. The summed E-state index contributed by atoms with van der Waals surface area (Å²) >= 11 is 3.48. The molecule has 0 bridgehead atoms. The standard InChI is InChI=1S/C31H36BrN3O6S/c1-22(2)19-33-31(37)27(17-23-8-5-4-6-9-23)34(20-24-10-7-11-25(32)16-24)30(36)21-35(42(3,38)39)26-12-13-28-29(18-26)41-15-14-40-28/h4-13,16,18,22,27H,14-15,17,19-21H2,1-3H3,(H,33,37)/t27-/m0/s1. The molecule has 0 aromatic heterocycles. The van der Waals surface area contributed by atoms with E-state index in [4.69, 9.17) is 9.47 Å². The summed E-state index contributed by atoms with van der Waals surface area (Å²) in [6.07, 6.45) is 1.31. The number of rotatable bonds is 12. The first-order chi connectivity index (χ1) is 20.0. The average molecular weight is 659 g/mol. The van der Waals surface area contributed by atoms with Crippen LogP contribution in [0, 0.1) is 5.92 Å². The maximum absolute atomic E-state index is 14.2. The van der Waals surface area contributed by atoms with Gasteiger partial charge in [-0.3, -0.25) is 13.9 Å². The van der Waals surface area contributed by atoms with Crippen LogP contribution in [0.5, 0.6) is 11.5 Å². The zero-order valence-electron chi connectivity index (χ0n) is 24.0. The fourth-order valence-corrected chi connectivity index (χ4v) is 5.90. The maximum Gasteiger partial charge on any atom is 0.244 e. The van der Waals surface area contributed by atoms with Gasteiger partial charge in [0.25, 0.3) is 0 Å². The van der Waals surface area contributed by atoms with E-state index in [1.54, 1.807) is 18.2 Å². The minimum atomic E-state index is -3.90. The lowest BCUT2D eigenvalue weighted by Crippen LogP contribution is -2.53. The summed E-state index contributed by atoms with van der Waals surface area (Å²) in [7, 11) is -3.90. The van der Waals surface area contributed by atoms with Crippen molar-refractivity contribution in [1.82, 2.24) is 10.2 Å². The Labute approximate surface area is 256 Å². The Bertz CT molecular complexity index is 1500. The number of benzene rings is 3. The molecule has 0 radical (unpaired) electrons. The molecule has 3 aromatic carbocycles. The number of nitrogens with zero attached hydrogens (tertiary/aromatic N) is 2. The number of hydrogen-bond donors (Lipinski definition) is 1. The van der Waals surface area contributed by atoms with E-state index in [9.17, 15) is 18.0 Å². The molecular weight excluding hydrogens is 622 g/mol. The Kier molecular flexibility index (Phi) is 10.5. The Hall–Kier alpha value is -3.57. The third-order valence-electron chi connectivity index (χ3n) is 6.69. The van der Waals surface area contributed by atoms with E-state index < -0.39 is 28.5 Å². The number of hydrogen-bond acceptors (Lipinski definition) is 6. The molecule has 1 N–H and O–H groups in total. The van der Waals surface area contributed by atoms with Crippen molar-refractivity contribution in [2.45, 2.75) is 32.9 Å². The van der Waals surface area contributed by atoms with E-state index in [-0.39, 0.29) is 30.5 Å². The molecule has 0 saturated heterocycles. The quantitative estimate of drug-likeness (QED) is 0.310. The molecule has 224 valence electrons. The van der Waals surface area contributed by atoms with Crippen molar-refractivity contribution < 1.29 is 27.5 Å². The number of carbonyl (C=O) groups is 2. The summed E-state index contributed by atoms with van der Waals surface area (Å²) in [6.45, 7) is 4.76. The number of amides is 2. The molecule has 0 fully saturated rings. The van der Waals surface area contributed by atoms with Gasteiger partial charge in [-0.05, 0) is 41.3 Å². The zero-order chi connectivity index (χ0) is 30.3. The number of nitrogens with one attached hydrogen (secondary N) is 1. The molecule has 11 heteroatoms. The first kappa shape index (κ1) is 31.4. The van der Waals surface area contributed by atoms with E-state index in [1.165, 1.54) is 4.90 Å². The van der Waals surface area contributed by atoms with Crippen LogP contribution >= 0.6 is 15.9 Å². The minimum absolute atomic E-state index is 0.101. The third-order valence-corrected chi connectivity index (χ3v) is 8.32. The highest BCUT2D eigenvalue weighted by atomic mass is 79.9. The highest BCUT2D eigenvalue weighted by molar-refractivity contribution is 9.10. The lowest BCUT2D eigenvalue weighted by Gasteiger charge is -2.34. The molecule has 1 aliphatic heterocycles. The molecule has 1 atom stereocenters. The van der Waals surface area contributed by atoms with Crippen LogP contribution in [-0.4, -0.2) is 63.7 Å².